The summed E-state index contributed by atoms with van der Waals surface area (Å²) < 4.78 is 0. The highest BCUT2D eigenvalue weighted by atomic mass is 32.1. The Balaban J connectivity index is 3.07. The lowest BCUT2D eigenvalue weighted by Crippen LogP contribution is -2.14. The molecule has 0 aliphatic heterocycles. The Morgan fingerprint density at radius 1 is 1.19 bits per heavy atom. The molecule has 0 aliphatic carbocycles. The summed E-state index contributed by atoms with van der Waals surface area (Å²) in [5.41, 5.74) is 4.97. The summed E-state index contributed by atoms with van der Waals surface area (Å²) in [5.74, 6) is 0. The van der Waals surface area contributed by atoms with E-state index in [-0.39, 0.29) is 0 Å². The lowest BCUT2D eigenvalue weighted by Gasteiger charge is -2.13. The summed E-state index contributed by atoms with van der Waals surface area (Å²) in [6, 6.07) is 6.59. The van der Waals surface area contributed by atoms with Crippen molar-refractivity contribution in [3.05, 3.63) is 39.8 Å². The Labute approximate surface area is 104 Å². The van der Waals surface area contributed by atoms with Gasteiger partial charge in [-0.15, -0.1) is 12.6 Å². The number of nitrogens with one attached hydrogen (secondary N) is 1. The normalized spacial score (nSPS) is 12.3. The van der Waals surface area contributed by atoms with E-state index in [1.165, 1.54) is 16.7 Å². The smallest absolute Gasteiger partial charge is 0.0505 e. The highest BCUT2D eigenvalue weighted by Crippen LogP contribution is 2.20. The second kappa shape index (κ2) is 6.00. The van der Waals surface area contributed by atoms with E-state index in [1.807, 2.05) is 6.92 Å². The molecule has 0 radical (unpaired) electrons. The van der Waals surface area contributed by atoms with Gasteiger partial charge in [0.1, 0.15) is 0 Å². The first kappa shape index (κ1) is 13.2. The minimum Gasteiger partial charge on any atom is -0.384 e. The fraction of sp³-hybridized carbons (Fsp3) is 0.429. The van der Waals surface area contributed by atoms with Crippen molar-refractivity contribution in [3.8, 4) is 0 Å². The molecule has 0 aromatic heterocycles. The van der Waals surface area contributed by atoms with Gasteiger partial charge in [0.2, 0.25) is 0 Å². The van der Waals surface area contributed by atoms with Gasteiger partial charge in [-0.1, -0.05) is 24.1 Å². The molecular formula is C14H21NS. The van der Waals surface area contributed by atoms with Gasteiger partial charge >= 0.3 is 0 Å². The maximum atomic E-state index is 4.46. The third-order valence-corrected chi connectivity index (χ3v) is 2.65. The molecule has 0 fully saturated rings. The van der Waals surface area contributed by atoms with Gasteiger partial charge in [0.25, 0.3) is 0 Å². The fourth-order valence-electron chi connectivity index (χ4n) is 1.81. The van der Waals surface area contributed by atoms with Crippen molar-refractivity contribution in [2.75, 3.05) is 6.54 Å². The summed E-state index contributed by atoms with van der Waals surface area (Å²) in [6.45, 7) is 9.43. The highest BCUT2D eigenvalue weighted by Gasteiger charge is 2.04. The molecular weight excluding hydrogens is 214 g/mol. The van der Waals surface area contributed by atoms with Crippen LogP contribution in [0.5, 0.6) is 0 Å². The third kappa shape index (κ3) is 3.60. The lowest BCUT2D eigenvalue weighted by molar-refractivity contribution is 0.822. The fourth-order valence-corrected chi connectivity index (χ4v) is 2.02. The molecule has 1 nitrogen and oxygen atoms in total. The van der Waals surface area contributed by atoms with Crippen molar-refractivity contribution in [1.82, 2.24) is 5.32 Å². The summed E-state index contributed by atoms with van der Waals surface area (Å²) in [5, 5.41) is 3.44. The van der Waals surface area contributed by atoms with E-state index in [9.17, 15) is 0 Å². The van der Waals surface area contributed by atoms with E-state index in [0.717, 1.165) is 23.6 Å². The monoisotopic (exact) mass is 235 g/mol. The highest BCUT2D eigenvalue weighted by molar-refractivity contribution is 7.84. The Morgan fingerprint density at radius 3 is 2.19 bits per heavy atom. The van der Waals surface area contributed by atoms with Gasteiger partial charge in [0.15, 0.2) is 0 Å². The molecule has 0 unspecified atom stereocenters. The van der Waals surface area contributed by atoms with Crippen LogP contribution < -0.4 is 5.32 Å². The molecule has 0 saturated carbocycles. The van der Waals surface area contributed by atoms with Gasteiger partial charge in [-0.2, -0.15) is 0 Å². The van der Waals surface area contributed by atoms with Crippen LogP contribution in [0, 0.1) is 13.8 Å². The second-order valence-electron chi connectivity index (χ2n) is 4.26. The summed E-state index contributed by atoms with van der Waals surface area (Å²) in [4.78, 5) is 1.04. The van der Waals surface area contributed by atoms with Crippen LogP contribution in [0.1, 0.15) is 37.0 Å². The first-order valence-electron chi connectivity index (χ1n) is 5.77. The van der Waals surface area contributed by atoms with Crippen LogP contribution >= 0.6 is 12.6 Å². The van der Waals surface area contributed by atoms with E-state index in [0.29, 0.717) is 0 Å². The number of aryl methyl sites for hydroxylation is 2. The maximum Gasteiger partial charge on any atom is 0.0505 e. The predicted molar refractivity (Wildman–Crippen MR) is 75.8 cm³/mol. The molecule has 1 aromatic carbocycles. The van der Waals surface area contributed by atoms with Gasteiger partial charge in [0.05, 0.1) is 5.70 Å². The minimum absolute atomic E-state index is 0.986. The summed E-state index contributed by atoms with van der Waals surface area (Å²) in [7, 11) is 0. The largest absolute Gasteiger partial charge is 0.384 e. The molecule has 0 spiro atoms. The molecule has 1 rings (SSSR count). The summed E-state index contributed by atoms with van der Waals surface area (Å²) in [6.07, 6.45) is 1.12. The van der Waals surface area contributed by atoms with Crippen LogP contribution in [0.4, 0.5) is 0 Å². The van der Waals surface area contributed by atoms with Crippen LogP contribution in [0.3, 0.4) is 0 Å². The van der Waals surface area contributed by atoms with Gasteiger partial charge in [-0.05, 0) is 44.9 Å². The zero-order valence-electron chi connectivity index (χ0n) is 10.6. The molecule has 0 amide bonds. The molecule has 0 atom stereocenters. The van der Waals surface area contributed by atoms with Crippen molar-refractivity contribution in [2.45, 2.75) is 34.1 Å². The molecule has 88 valence electrons. The van der Waals surface area contributed by atoms with Crippen LogP contribution in [-0.4, -0.2) is 6.54 Å². The lowest BCUT2D eigenvalue weighted by atomic mass is 10.0. The standard InChI is InChI=1S/C14H21NS/c1-5-6-15-14(12(4)16)13-8-10(2)7-11(3)9-13/h7-9,15-16H,5-6H2,1-4H3/b14-12+. The van der Waals surface area contributed by atoms with Crippen LogP contribution in [0.15, 0.2) is 23.1 Å². The van der Waals surface area contributed by atoms with Crippen molar-refractivity contribution in [2.24, 2.45) is 0 Å². The van der Waals surface area contributed by atoms with Crippen molar-refractivity contribution < 1.29 is 0 Å². The van der Waals surface area contributed by atoms with Crippen LogP contribution in [-0.2, 0) is 0 Å². The third-order valence-electron chi connectivity index (χ3n) is 2.42. The Kier molecular flexibility index (Phi) is 4.94. The topological polar surface area (TPSA) is 12.0 Å². The zero-order valence-corrected chi connectivity index (χ0v) is 11.5. The van der Waals surface area contributed by atoms with Crippen molar-refractivity contribution in [3.63, 3.8) is 0 Å². The number of benzene rings is 1. The summed E-state index contributed by atoms with van der Waals surface area (Å²) >= 11 is 4.46. The van der Waals surface area contributed by atoms with Gasteiger partial charge in [-0.3, -0.25) is 0 Å². The van der Waals surface area contributed by atoms with Crippen LogP contribution in [0.2, 0.25) is 0 Å². The second-order valence-corrected chi connectivity index (χ2v) is 4.93. The SMILES string of the molecule is CCCN/C(=C(\C)S)c1cc(C)cc(C)c1. The molecule has 1 N–H and O–H groups in total. The average Bonchev–Trinajstić information content (AvgIpc) is 2.16. The first-order chi connectivity index (χ1) is 7.54. The first-order valence-corrected chi connectivity index (χ1v) is 6.21. The van der Waals surface area contributed by atoms with E-state index >= 15 is 0 Å². The molecule has 1 aromatic rings. The quantitative estimate of drug-likeness (QED) is 0.754. The molecule has 0 heterocycles. The average molecular weight is 235 g/mol. The number of thiol groups is 1. The Morgan fingerprint density at radius 2 is 1.75 bits per heavy atom. The Bertz CT molecular complexity index is 369. The number of hydrogen-bond acceptors (Lipinski definition) is 2. The van der Waals surface area contributed by atoms with Gasteiger partial charge in [0, 0.05) is 11.4 Å². The van der Waals surface area contributed by atoms with Crippen molar-refractivity contribution in [1.29, 1.82) is 0 Å². The minimum atomic E-state index is 0.986. The zero-order chi connectivity index (χ0) is 12.1. The number of allylic oxidation sites excluding steroid dienone is 1. The van der Waals surface area contributed by atoms with Crippen LogP contribution in [0.25, 0.3) is 5.70 Å². The molecule has 0 saturated heterocycles. The van der Waals surface area contributed by atoms with Crippen molar-refractivity contribution >= 4 is 18.3 Å². The molecule has 16 heavy (non-hydrogen) atoms. The van der Waals surface area contributed by atoms with E-state index in [2.05, 4.69) is 56.9 Å². The van der Waals surface area contributed by atoms with E-state index in [4.69, 9.17) is 0 Å². The van der Waals surface area contributed by atoms with Gasteiger partial charge < -0.3 is 5.32 Å². The molecule has 2 heteroatoms. The predicted octanol–water partition coefficient (Wildman–Crippen LogP) is 3.92. The van der Waals surface area contributed by atoms with Gasteiger partial charge in [-0.25, -0.2) is 0 Å². The Hall–Kier alpha value is -0.890. The maximum absolute atomic E-state index is 4.46. The van der Waals surface area contributed by atoms with E-state index in [1.54, 1.807) is 0 Å². The number of hydrogen-bond donors (Lipinski definition) is 2. The molecule has 0 aliphatic rings. The molecule has 0 bridgehead atoms. The van der Waals surface area contributed by atoms with E-state index < -0.39 is 0 Å². The number of rotatable bonds is 4.